The fourth-order valence-corrected chi connectivity index (χ4v) is 4.18. The molecule has 0 amide bonds. The van der Waals surface area contributed by atoms with E-state index >= 15 is 0 Å². The molecule has 1 aliphatic heterocycles. The van der Waals surface area contributed by atoms with Crippen LogP contribution in [-0.2, 0) is 25.3 Å². The second-order valence-corrected chi connectivity index (χ2v) is 7.29. The van der Waals surface area contributed by atoms with Gasteiger partial charge in [0.1, 0.15) is 5.82 Å². The molecular formula is C21H23N3O3. The van der Waals surface area contributed by atoms with Gasteiger partial charge >= 0.3 is 5.69 Å². The van der Waals surface area contributed by atoms with Gasteiger partial charge in [-0.25, -0.2) is 4.79 Å². The van der Waals surface area contributed by atoms with E-state index in [-0.39, 0.29) is 17.0 Å². The zero-order chi connectivity index (χ0) is 19.3. The number of hydrogen-bond acceptors (Lipinski definition) is 4. The minimum absolute atomic E-state index is 0.0786. The number of aryl methyl sites for hydroxylation is 1. The van der Waals surface area contributed by atoms with Gasteiger partial charge in [-0.15, -0.1) is 0 Å². The van der Waals surface area contributed by atoms with Crippen molar-refractivity contribution < 1.29 is 4.79 Å². The van der Waals surface area contributed by atoms with Crippen molar-refractivity contribution in [2.24, 2.45) is 14.1 Å². The van der Waals surface area contributed by atoms with E-state index in [9.17, 15) is 14.4 Å². The molecule has 1 atom stereocenters. The van der Waals surface area contributed by atoms with Crippen LogP contribution in [0.3, 0.4) is 0 Å². The molecule has 1 aromatic heterocycles. The van der Waals surface area contributed by atoms with E-state index in [1.165, 1.54) is 17.2 Å². The number of nitrogens with one attached hydrogen (secondary N) is 1. The number of fused-ring (bicyclic) bond motifs is 1. The Morgan fingerprint density at radius 2 is 1.74 bits per heavy atom. The van der Waals surface area contributed by atoms with Crippen molar-refractivity contribution in [3.05, 3.63) is 73.1 Å². The lowest BCUT2D eigenvalue weighted by Gasteiger charge is -2.34. The molecule has 6 heteroatoms. The van der Waals surface area contributed by atoms with Crippen molar-refractivity contribution in [2.75, 3.05) is 5.32 Å². The number of ketones is 1. The van der Waals surface area contributed by atoms with Crippen LogP contribution in [0.4, 0.5) is 5.82 Å². The Morgan fingerprint density at radius 1 is 1.04 bits per heavy atom. The number of benzene rings is 1. The molecule has 1 aromatic carbocycles. The molecule has 0 spiro atoms. The summed E-state index contributed by atoms with van der Waals surface area (Å²) in [5.74, 6) is 0.136. The molecule has 2 heterocycles. The third-order valence-electron chi connectivity index (χ3n) is 5.72. The topological polar surface area (TPSA) is 73.1 Å². The van der Waals surface area contributed by atoms with E-state index in [0.717, 1.165) is 35.1 Å². The molecular weight excluding hydrogens is 342 g/mol. The van der Waals surface area contributed by atoms with E-state index in [4.69, 9.17) is 0 Å². The Hall–Kier alpha value is -2.89. The SMILES string of the molecule is CCc1ccc([C@@H]2C3=C(CCCC3=O)Nc3c2c(=O)n(C)c(=O)n3C)cc1. The lowest BCUT2D eigenvalue weighted by molar-refractivity contribution is -0.116. The number of allylic oxidation sites excluding steroid dienone is 2. The summed E-state index contributed by atoms with van der Waals surface area (Å²) >= 11 is 0. The predicted octanol–water partition coefficient (Wildman–Crippen LogP) is 2.21. The molecule has 0 unspecified atom stereocenters. The van der Waals surface area contributed by atoms with Crippen LogP contribution in [-0.4, -0.2) is 14.9 Å². The highest BCUT2D eigenvalue weighted by molar-refractivity contribution is 6.00. The maximum absolute atomic E-state index is 13.1. The summed E-state index contributed by atoms with van der Waals surface area (Å²) in [6.45, 7) is 2.09. The molecule has 1 N–H and O–H groups in total. The molecule has 0 radical (unpaired) electrons. The highest BCUT2D eigenvalue weighted by atomic mass is 16.2. The van der Waals surface area contributed by atoms with Crippen LogP contribution in [0, 0.1) is 0 Å². The van der Waals surface area contributed by atoms with Crippen molar-refractivity contribution in [2.45, 2.75) is 38.5 Å². The first-order valence-electron chi connectivity index (χ1n) is 9.36. The van der Waals surface area contributed by atoms with Crippen molar-refractivity contribution >= 4 is 11.6 Å². The minimum atomic E-state index is -0.444. The van der Waals surface area contributed by atoms with Crippen LogP contribution in [0.1, 0.15) is 48.8 Å². The maximum Gasteiger partial charge on any atom is 0.332 e. The number of Topliss-reactive ketones (excluding diaryl/α,β-unsaturated/α-hetero) is 1. The first-order chi connectivity index (χ1) is 12.9. The summed E-state index contributed by atoms with van der Waals surface area (Å²) in [5, 5.41) is 3.24. The normalized spacial score (nSPS) is 18.8. The van der Waals surface area contributed by atoms with Crippen LogP contribution in [0.15, 0.2) is 45.1 Å². The average molecular weight is 365 g/mol. The summed E-state index contributed by atoms with van der Waals surface area (Å²) in [6, 6.07) is 8.07. The minimum Gasteiger partial charge on any atom is -0.344 e. The van der Waals surface area contributed by atoms with Gasteiger partial charge in [0.05, 0.1) is 5.56 Å². The van der Waals surface area contributed by atoms with Crippen molar-refractivity contribution in [3.63, 3.8) is 0 Å². The van der Waals surface area contributed by atoms with Crippen LogP contribution in [0.2, 0.25) is 0 Å². The monoisotopic (exact) mass is 365 g/mol. The van der Waals surface area contributed by atoms with E-state index in [1.54, 1.807) is 7.05 Å². The van der Waals surface area contributed by atoms with Crippen LogP contribution in [0.25, 0.3) is 0 Å². The number of aromatic nitrogens is 2. The molecule has 0 fully saturated rings. The molecule has 27 heavy (non-hydrogen) atoms. The fourth-order valence-electron chi connectivity index (χ4n) is 4.18. The van der Waals surface area contributed by atoms with E-state index in [0.29, 0.717) is 23.4 Å². The first kappa shape index (κ1) is 17.5. The number of carbonyl (C=O) groups excluding carboxylic acids is 1. The molecule has 140 valence electrons. The molecule has 6 nitrogen and oxygen atoms in total. The molecule has 4 rings (SSSR count). The lowest BCUT2D eigenvalue weighted by Crippen LogP contribution is -2.44. The standard InChI is InChI=1S/C21H23N3O3/c1-4-12-8-10-13(11-9-12)16-17-14(6-5-7-15(17)25)22-19-18(16)20(26)24(3)21(27)23(19)2/h8-11,16,22H,4-7H2,1-3H3/t16-/m1/s1. The van der Waals surface area contributed by atoms with E-state index < -0.39 is 5.92 Å². The van der Waals surface area contributed by atoms with Gasteiger partial charge in [-0.05, 0) is 30.4 Å². The van der Waals surface area contributed by atoms with Crippen molar-refractivity contribution in [1.82, 2.24) is 9.13 Å². The van der Waals surface area contributed by atoms with Gasteiger partial charge < -0.3 is 5.32 Å². The van der Waals surface area contributed by atoms with Gasteiger partial charge in [-0.3, -0.25) is 18.7 Å². The fraction of sp³-hybridized carbons (Fsp3) is 0.381. The largest absolute Gasteiger partial charge is 0.344 e. The van der Waals surface area contributed by atoms with Gasteiger partial charge in [0, 0.05) is 37.7 Å². The molecule has 1 aliphatic carbocycles. The quantitative estimate of drug-likeness (QED) is 0.886. The smallest absolute Gasteiger partial charge is 0.332 e. The van der Waals surface area contributed by atoms with E-state index in [2.05, 4.69) is 12.2 Å². The Kier molecular flexibility index (Phi) is 4.13. The van der Waals surface area contributed by atoms with E-state index in [1.807, 2.05) is 24.3 Å². The number of anilines is 1. The highest BCUT2D eigenvalue weighted by Crippen LogP contribution is 2.43. The van der Waals surface area contributed by atoms with Crippen molar-refractivity contribution in [1.29, 1.82) is 0 Å². The highest BCUT2D eigenvalue weighted by Gasteiger charge is 2.38. The predicted molar refractivity (Wildman–Crippen MR) is 104 cm³/mol. The second-order valence-electron chi connectivity index (χ2n) is 7.29. The van der Waals surface area contributed by atoms with Gasteiger partial charge in [-0.1, -0.05) is 31.2 Å². The summed E-state index contributed by atoms with van der Waals surface area (Å²) < 4.78 is 2.58. The Bertz CT molecular complexity index is 1090. The number of carbonyl (C=O) groups is 1. The molecule has 0 bridgehead atoms. The summed E-state index contributed by atoms with van der Waals surface area (Å²) in [4.78, 5) is 38.3. The molecule has 0 saturated heterocycles. The summed E-state index contributed by atoms with van der Waals surface area (Å²) in [6.07, 6.45) is 2.94. The van der Waals surface area contributed by atoms with Crippen molar-refractivity contribution in [3.8, 4) is 0 Å². The zero-order valence-electron chi connectivity index (χ0n) is 15.8. The Labute approximate surface area is 157 Å². The second kappa shape index (κ2) is 6.37. The third-order valence-corrected chi connectivity index (χ3v) is 5.72. The third kappa shape index (κ3) is 2.59. The summed E-state index contributed by atoms with van der Waals surface area (Å²) in [7, 11) is 3.13. The van der Waals surface area contributed by atoms with Crippen LogP contribution in [0.5, 0.6) is 0 Å². The molecule has 2 aromatic rings. The number of hydrogen-bond donors (Lipinski definition) is 1. The summed E-state index contributed by atoms with van der Waals surface area (Å²) in [5.41, 5.74) is 3.37. The van der Waals surface area contributed by atoms with Crippen LogP contribution >= 0.6 is 0 Å². The Balaban J connectivity index is 2.04. The van der Waals surface area contributed by atoms with Gasteiger partial charge in [0.15, 0.2) is 5.78 Å². The van der Waals surface area contributed by atoms with Gasteiger partial charge in [0.25, 0.3) is 5.56 Å². The van der Waals surface area contributed by atoms with Gasteiger partial charge in [0.2, 0.25) is 0 Å². The average Bonchev–Trinajstić information content (AvgIpc) is 2.69. The maximum atomic E-state index is 13.1. The lowest BCUT2D eigenvalue weighted by atomic mass is 9.76. The Morgan fingerprint density at radius 3 is 2.41 bits per heavy atom. The number of nitrogens with zero attached hydrogens (tertiary/aromatic N) is 2. The van der Waals surface area contributed by atoms with Crippen LogP contribution < -0.4 is 16.6 Å². The zero-order valence-corrected chi connectivity index (χ0v) is 15.8. The van der Waals surface area contributed by atoms with Gasteiger partial charge in [-0.2, -0.15) is 0 Å². The molecule has 2 aliphatic rings. The number of rotatable bonds is 2. The first-order valence-corrected chi connectivity index (χ1v) is 9.36. The molecule has 0 saturated carbocycles.